The number of aromatic nitrogens is 3. The van der Waals surface area contributed by atoms with Gasteiger partial charge in [0.1, 0.15) is 10.6 Å². The van der Waals surface area contributed by atoms with E-state index in [4.69, 9.17) is 21.9 Å². The molecular weight excluding hydrogens is 524 g/mol. The number of hydrogen-bond donors (Lipinski definition) is 5. The van der Waals surface area contributed by atoms with Crippen molar-refractivity contribution in [3.8, 4) is 0 Å². The van der Waals surface area contributed by atoms with Crippen molar-refractivity contribution < 1.29 is 25.9 Å². The molecule has 3 aromatic rings. The smallest absolute Gasteiger partial charge is 0.296 e. The van der Waals surface area contributed by atoms with Crippen LogP contribution in [0.25, 0.3) is 0 Å². The number of hydrogen-bond acceptors (Lipinski definition) is 12. The Bertz CT molecular complexity index is 1480. The molecule has 2 aromatic carbocycles. The van der Waals surface area contributed by atoms with Crippen molar-refractivity contribution in [2.75, 3.05) is 28.7 Å². The number of nitrogens with two attached hydrogens (primary N) is 1. The quantitative estimate of drug-likeness (QED) is 0.149. The zero-order valence-corrected chi connectivity index (χ0v) is 20.3. The molecule has 6 N–H and O–H groups in total. The number of azo groups is 1. The Hall–Kier alpha value is -3.44. The number of nitrogen functional groups attached to an aromatic ring is 1. The first-order chi connectivity index (χ1) is 16.3. The molecule has 14 nitrogen and oxygen atoms in total. The summed E-state index contributed by atoms with van der Waals surface area (Å²) in [6.45, 7) is 1.68. The molecule has 0 bridgehead atoms. The maximum Gasteiger partial charge on any atom is 0.296 e. The molecule has 0 unspecified atom stereocenters. The van der Waals surface area contributed by atoms with Crippen molar-refractivity contribution in [2.24, 2.45) is 10.2 Å². The van der Waals surface area contributed by atoms with E-state index < -0.39 is 30.9 Å². The lowest BCUT2D eigenvalue weighted by Gasteiger charge is -2.12. The second-order valence-corrected chi connectivity index (χ2v) is 10.3. The average molecular weight is 543 g/mol. The Labute approximate surface area is 205 Å². The predicted molar refractivity (Wildman–Crippen MR) is 129 cm³/mol. The standard InChI is InChI=1S/C18H19ClN8O6S2/c1-10-2-4-11(5-3-10)26-27-14-9-15(35(31,32)33)12(20)8-13(14)22-18-24-16(19)23-17(25-18)21-6-7-34(28,29)30/h2-5,8-9H,6-7,20H2,1H3,(H,28,29,30)(H,31,32,33)(H2,21,22,23,24,25). The molecule has 35 heavy (non-hydrogen) atoms. The number of aryl methyl sites for hydroxylation is 1. The molecule has 0 saturated heterocycles. The highest BCUT2D eigenvalue weighted by Gasteiger charge is 2.19. The molecule has 186 valence electrons. The molecule has 0 saturated carbocycles. The van der Waals surface area contributed by atoms with Gasteiger partial charge in [0, 0.05) is 6.54 Å². The molecule has 3 rings (SSSR count). The van der Waals surface area contributed by atoms with E-state index in [0.717, 1.165) is 11.6 Å². The van der Waals surface area contributed by atoms with Crippen molar-refractivity contribution in [1.82, 2.24) is 15.0 Å². The van der Waals surface area contributed by atoms with Gasteiger partial charge in [-0.2, -0.15) is 36.9 Å². The van der Waals surface area contributed by atoms with E-state index >= 15 is 0 Å². The summed E-state index contributed by atoms with van der Waals surface area (Å²) < 4.78 is 63.5. The molecule has 0 spiro atoms. The van der Waals surface area contributed by atoms with E-state index in [-0.39, 0.29) is 40.8 Å². The van der Waals surface area contributed by atoms with Gasteiger partial charge in [-0.05, 0) is 42.8 Å². The van der Waals surface area contributed by atoms with Gasteiger partial charge in [0.2, 0.25) is 17.2 Å². The van der Waals surface area contributed by atoms with E-state index in [1.54, 1.807) is 12.1 Å². The maximum atomic E-state index is 11.7. The van der Waals surface area contributed by atoms with Gasteiger partial charge in [-0.3, -0.25) is 9.11 Å². The van der Waals surface area contributed by atoms with Crippen LogP contribution in [-0.2, 0) is 20.2 Å². The third-order valence-electron chi connectivity index (χ3n) is 4.21. The van der Waals surface area contributed by atoms with Crippen LogP contribution in [0.4, 0.5) is 34.6 Å². The summed E-state index contributed by atoms with van der Waals surface area (Å²) in [6, 6.07) is 9.20. The molecule has 0 aliphatic heterocycles. The highest BCUT2D eigenvalue weighted by molar-refractivity contribution is 7.86. The fourth-order valence-corrected chi connectivity index (χ4v) is 3.75. The second kappa shape index (κ2) is 10.4. The van der Waals surface area contributed by atoms with Crippen LogP contribution >= 0.6 is 11.6 Å². The summed E-state index contributed by atoms with van der Waals surface area (Å²) in [4.78, 5) is 11.2. The van der Waals surface area contributed by atoms with Crippen LogP contribution < -0.4 is 16.4 Å². The first kappa shape index (κ1) is 26.2. The summed E-state index contributed by atoms with van der Waals surface area (Å²) in [5.74, 6) is -0.845. The predicted octanol–water partition coefficient (Wildman–Crippen LogP) is 3.12. The average Bonchev–Trinajstić information content (AvgIpc) is 2.72. The van der Waals surface area contributed by atoms with E-state index in [9.17, 15) is 21.4 Å². The van der Waals surface area contributed by atoms with Crippen molar-refractivity contribution in [3.63, 3.8) is 0 Å². The summed E-state index contributed by atoms with van der Waals surface area (Å²) in [7, 11) is -8.88. The Kier molecular flexibility index (Phi) is 7.81. The Morgan fingerprint density at radius 2 is 1.66 bits per heavy atom. The zero-order valence-electron chi connectivity index (χ0n) is 17.9. The van der Waals surface area contributed by atoms with E-state index in [1.807, 2.05) is 19.1 Å². The first-order valence-electron chi connectivity index (χ1n) is 9.57. The minimum atomic E-state index is -4.67. The Morgan fingerprint density at radius 3 is 2.29 bits per heavy atom. The molecule has 1 heterocycles. The van der Waals surface area contributed by atoms with Gasteiger partial charge in [0.05, 0.1) is 22.8 Å². The second-order valence-electron chi connectivity index (χ2n) is 7.01. The minimum absolute atomic E-state index is 0.0372. The number of halogens is 1. The monoisotopic (exact) mass is 542 g/mol. The van der Waals surface area contributed by atoms with Crippen LogP contribution in [0.5, 0.6) is 0 Å². The number of nitrogens with one attached hydrogen (secondary N) is 2. The van der Waals surface area contributed by atoms with Crippen molar-refractivity contribution in [3.05, 3.63) is 47.2 Å². The summed E-state index contributed by atoms with van der Waals surface area (Å²) in [5, 5.41) is 13.2. The topological polar surface area (TPSA) is 222 Å². The van der Waals surface area contributed by atoms with Gasteiger partial charge in [0.15, 0.2) is 0 Å². The van der Waals surface area contributed by atoms with E-state index in [2.05, 4.69) is 35.8 Å². The fraction of sp³-hybridized carbons (Fsp3) is 0.167. The van der Waals surface area contributed by atoms with Gasteiger partial charge >= 0.3 is 0 Å². The molecule has 0 aliphatic carbocycles. The van der Waals surface area contributed by atoms with Crippen LogP contribution in [0.2, 0.25) is 5.28 Å². The van der Waals surface area contributed by atoms with Crippen LogP contribution in [0.3, 0.4) is 0 Å². The van der Waals surface area contributed by atoms with Crippen molar-refractivity contribution >= 4 is 66.5 Å². The molecule has 0 radical (unpaired) electrons. The summed E-state index contributed by atoms with van der Waals surface area (Å²) in [5.41, 5.74) is 7.04. The van der Waals surface area contributed by atoms with Crippen LogP contribution in [0, 0.1) is 6.92 Å². The van der Waals surface area contributed by atoms with E-state index in [1.165, 1.54) is 6.07 Å². The lowest BCUT2D eigenvalue weighted by atomic mass is 10.2. The molecule has 0 fully saturated rings. The zero-order chi connectivity index (χ0) is 25.8. The normalized spacial score (nSPS) is 12.1. The number of anilines is 4. The maximum absolute atomic E-state index is 11.7. The third-order valence-corrected chi connectivity index (χ3v) is 6.01. The van der Waals surface area contributed by atoms with E-state index in [0.29, 0.717) is 5.69 Å². The molecule has 0 amide bonds. The lowest BCUT2D eigenvalue weighted by molar-refractivity contribution is 0.481. The molecule has 0 aliphatic rings. The van der Waals surface area contributed by atoms with Crippen LogP contribution in [-0.4, -0.2) is 53.2 Å². The summed E-state index contributed by atoms with van der Waals surface area (Å²) in [6.07, 6.45) is 0. The SMILES string of the molecule is Cc1ccc(N=Nc2cc(S(=O)(=O)O)c(N)cc2Nc2nc(Cl)nc(NCCS(=O)(=O)O)n2)cc1. The molecule has 17 heteroatoms. The lowest BCUT2D eigenvalue weighted by Crippen LogP contribution is -2.16. The van der Waals surface area contributed by atoms with Gasteiger partial charge < -0.3 is 16.4 Å². The van der Waals surface area contributed by atoms with Crippen LogP contribution in [0.1, 0.15) is 5.56 Å². The Morgan fingerprint density at radius 1 is 1.00 bits per heavy atom. The van der Waals surface area contributed by atoms with Gasteiger partial charge in [-0.1, -0.05) is 17.7 Å². The van der Waals surface area contributed by atoms with Gasteiger partial charge in [-0.15, -0.1) is 5.11 Å². The Balaban J connectivity index is 1.97. The largest absolute Gasteiger partial charge is 0.398 e. The van der Waals surface area contributed by atoms with Crippen LogP contribution in [0.15, 0.2) is 51.5 Å². The highest BCUT2D eigenvalue weighted by Crippen LogP contribution is 2.35. The highest BCUT2D eigenvalue weighted by atomic mass is 35.5. The summed E-state index contributed by atoms with van der Waals surface area (Å²) >= 11 is 5.91. The number of benzene rings is 2. The van der Waals surface area contributed by atoms with Crippen molar-refractivity contribution in [1.29, 1.82) is 0 Å². The molecule has 1 aromatic heterocycles. The third kappa shape index (κ3) is 7.79. The molecular formula is C18H19ClN8O6S2. The fourth-order valence-electron chi connectivity index (χ4n) is 2.61. The molecule has 0 atom stereocenters. The van der Waals surface area contributed by atoms with Gasteiger partial charge in [-0.25, -0.2) is 0 Å². The van der Waals surface area contributed by atoms with Crippen molar-refractivity contribution in [2.45, 2.75) is 11.8 Å². The number of rotatable bonds is 9. The minimum Gasteiger partial charge on any atom is -0.398 e. The number of nitrogens with zero attached hydrogens (tertiary/aromatic N) is 5. The first-order valence-corrected chi connectivity index (χ1v) is 13.0. The van der Waals surface area contributed by atoms with Gasteiger partial charge in [0.25, 0.3) is 20.2 Å².